The van der Waals surface area contributed by atoms with Crippen molar-refractivity contribution in [2.24, 2.45) is 0 Å². The van der Waals surface area contributed by atoms with E-state index in [2.05, 4.69) is 64.1 Å². The average Bonchev–Trinajstić information content (AvgIpc) is 2.92. The van der Waals surface area contributed by atoms with Gasteiger partial charge in [-0.25, -0.2) is 0 Å². The summed E-state index contributed by atoms with van der Waals surface area (Å²) in [6.45, 7) is 9.20. The zero-order chi connectivity index (χ0) is 27.4. The van der Waals surface area contributed by atoms with Crippen LogP contribution in [-0.4, -0.2) is 5.11 Å². The summed E-state index contributed by atoms with van der Waals surface area (Å²) in [5.41, 5.74) is 6.56. The lowest BCUT2D eigenvalue weighted by Crippen LogP contribution is -2.06. The van der Waals surface area contributed by atoms with Crippen molar-refractivity contribution in [2.75, 3.05) is 0 Å². The molecule has 0 unspecified atom stereocenters. The van der Waals surface area contributed by atoms with E-state index < -0.39 is 0 Å². The van der Waals surface area contributed by atoms with Crippen LogP contribution in [0.5, 0.6) is 5.75 Å². The van der Waals surface area contributed by atoms with Crippen LogP contribution in [0, 0.1) is 0 Å². The fourth-order valence-electron chi connectivity index (χ4n) is 6.09. The highest BCUT2D eigenvalue weighted by Crippen LogP contribution is 2.41. The Morgan fingerprint density at radius 1 is 0.579 bits per heavy atom. The molecule has 38 heavy (non-hydrogen) atoms. The SMILES string of the molecule is CCCCCCCCCCCCc1c(CCCCCCCCCC)cc(O)c(-c2ccccc2)c1C(C)C. The van der Waals surface area contributed by atoms with Gasteiger partial charge in [-0.2, -0.15) is 0 Å². The highest BCUT2D eigenvalue weighted by molar-refractivity contribution is 5.76. The number of unbranched alkanes of at least 4 members (excludes halogenated alkanes) is 16. The molecule has 1 nitrogen and oxygen atoms in total. The summed E-state index contributed by atoms with van der Waals surface area (Å²) in [6.07, 6.45) is 26.7. The first-order chi connectivity index (χ1) is 18.6. The average molecular weight is 521 g/mol. The van der Waals surface area contributed by atoms with Crippen LogP contribution in [0.1, 0.15) is 166 Å². The molecule has 2 aromatic rings. The van der Waals surface area contributed by atoms with Gasteiger partial charge in [0.25, 0.3) is 0 Å². The normalized spacial score (nSPS) is 11.5. The number of aryl methyl sites for hydroxylation is 1. The summed E-state index contributed by atoms with van der Waals surface area (Å²) >= 11 is 0. The van der Waals surface area contributed by atoms with Gasteiger partial charge >= 0.3 is 0 Å². The molecule has 2 aromatic carbocycles. The maximum atomic E-state index is 11.3. The number of rotatable bonds is 22. The lowest BCUT2D eigenvalue weighted by Gasteiger charge is -2.23. The molecule has 0 amide bonds. The molecular weight excluding hydrogens is 460 g/mol. The third kappa shape index (κ3) is 12.0. The summed E-state index contributed by atoms with van der Waals surface area (Å²) < 4.78 is 0. The van der Waals surface area contributed by atoms with Crippen molar-refractivity contribution in [3.05, 3.63) is 53.1 Å². The van der Waals surface area contributed by atoms with Crippen LogP contribution in [0.25, 0.3) is 11.1 Å². The molecule has 0 heterocycles. The summed E-state index contributed by atoms with van der Waals surface area (Å²) in [7, 11) is 0. The van der Waals surface area contributed by atoms with E-state index in [9.17, 15) is 5.11 Å². The second kappa shape index (κ2) is 20.2. The lowest BCUT2D eigenvalue weighted by atomic mass is 9.82. The van der Waals surface area contributed by atoms with Crippen molar-refractivity contribution in [1.82, 2.24) is 0 Å². The van der Waals surface area contributed by atoms with Gasteiger partial charge in [0.15, 0.2) is 0 Å². The Kier molecular flexibility index (Phi) is 17.2. The van der Waals surface area contributed by atoms with Crippen molar-refractivity contribution in [3.63, 3.8) is 0 Å². The lowest BCUT2D eigenvalue weighted by molar-refractivity contribution is 0.474. The number of phenols is 1. The number of hydrogen-bond donors (Lipinski definition) is 1. The van der Waals surface area contributed by atoms with E-state index >= 15 is 0 Å². The molecule has 0 atom stereocenters. The number of phenolic OH excluding ortho intramolecular Hbond substituents is 1. The van der Waals surface area contributed by atoms with Crippen LogP contribution in [0.15, 0.2) is 36.4 Å². The van der Waals surface area contributed by atoms with E-state index in [1.165, 1.54) is 127 Å². The quantitative estimate of drug-likeness (QED) is 0.153. The van der Waals surface area contributed by atoms with Crippen molar-refractivity contribution in [3.8, 4) is 16.9 Å². The van der Waals surface area contributed by atoms with Gasteiger partial charge < -0.3 is 5.11 Å². The Bertz CT molecular complexity index is 851. The fraction of sp³-hybridized carbons (Fsp3) is 0.676. The predicted molar refractivity (Wildman–Crippen MR) is 169 cm³/mol. The van der Waals surface area contributed by atoms with Gasteiger partial charge in [0.05, 0.1) is 0 Å². The highest BCUT2D eigenvalue weighted by atomic mass is 16.3. The van der Waals surface area contributed by atoms with Crippen molar-refractivity contribution in [2.45, 2.75) is 162 Å². The van der Waals surface area contributed by atoms with Crippen LogP contribution in [0.4, 0.5) is 0 Å². The summed E-state index contributed by atoms with van der Waals surface area (Å²) in [5, 5.41) is 11.3. The Hall–Kier alpha value is -1.76. The first kappa shape index (κ1) is 32.5. The summed E-state index contributed by atoms with van der Waals surface area (Å²) in [6, 6.07) is 12.7. The maximum Gasteiger partial charge on any atom is 0.123 e. The molecule has 0 aromatic heterocycles. The molecule has 0 bridgehead atoms. The Morgan fingerprint density at radius 3 is 1.50 bits per heavy atom. The zero-order valence-electron chi connectivity index (χ0n) is 25.6. The Balaban J connectivity index is 2.05. The number of aromatic hydroxyl groups is 1. The second-order valence-electron chi connectivity index (χ2n) is 12.0. The Morgan fingerprint density at radius 2 is 1.03 bits per heavy atom. The van der Waals surface area contributed by atoms with Crippen molar-refractivity contribution < 1.29 is 5.11 Å². The largest absolute Gasteiger partial charge is 0.507 e. The zero-order valence-corrected chi connectivity index (χ0v) is 25.6. The molecule has 0 fully saturated rings. The minimum atomic E-state index is 0.396. The molecule has 0 aliphatic rings. The minimum Gasteiger partial charge on any atom is -0.507 e. The minimum absolute atomic E-state index is 0.396. The van der Waals surface area contributed by atoms with Crippen molar-refractivity contribution >= 4 is 0 Å². The fourth-order valence-corrected chi connectivity index (χ4v) is 6.09. The summed E-state index contributed by atoms with van der Waals surface area (Å²) in [4.78, 5) is 0. The summed E-state index contributed by atoms with van der Waals surface area (Å²) in [5.74, 6) is 0.869. The topological polar surface area (TPSA) is 20.2 Å². The first-order valence-corrected chi connectivity index (χ1v) is 16.5. The van der Waals surface area contributed by atoms with E-state index in [4.69, 9.17) is 0 Å². The van der Waals surface area contributed by atoms with Gasteiger partial charge in [0.2, 0.25) is 0 Å². The van der Waals surface area contributed by atoms with Gasteiger partial charge in [-0.1, -0.05) is 161 Å². The highest BCUT2D eigenvalue weighted by Gasteiger charge is 2.21. The predicted octanol–water partition coefficient (Wildman–Crippen LogP) is 12.3. The van der Waals surface area contributed by atoms with Crippen LogP contribution in [-0.2, 0) is 12.8 Å². The molecule has 214 valence electrons. The molecule has 2 rings (SSSR count). The molecule has 0 aliphatic heterocycles. The van der Waals surface area contributed by atoms with E-state index in [0.717, 1.165) is 24.0 Å². The smallest absolute Gasteiger partial charge is 0.123 e. The monoisotopic (exact) mass is 520 g/mol. The molecule has 0 radical (unpaired) electrons. The molecule has 0 saturated carbocycles. The third-order valence-electron chi connectivity index (χ3n) is 8.27. The standard InChI is InChI=1S/C37H60O/c1-5-7-9-11-13-15-16-18-20-25-29-34-33(28-22-19-17-14-12-10-8-6-2)30-35(38)37(36(34)31(3)4)32-26-23-21-24-27-32/h21,23-24,26-27,30-31,38H,5-20,22,25,28-29H2,1-4H3. The van der Waals surface area contributed by atoms with E-state index in [0.29, 0.717) is 11.7 Å². The van der Waals surface area contributed by atoms with Gasteiger partial charge in [0.1, 0.15) is 5.75 Å². The maximum absolute atomic E-state index is 11.3. The molecular formula is C37H60O. The van der Waals surface area contributed by atoms with Crippen LogP contribution in [0.3, 0.4) is 0 Å². The van der Waals surface area contributed by atoms with Crippen LogP contribution < -0.4 is 0 Å². The molecule has 1 N–H and O–H groups in total. The van der Waals surface area contributed by atoms with E-state index in [-0.39, 0.29) is 0 Å². The third-order valence-corrected chi connectivity index (χ3v) is 8.27. The Labute approximate surface area is 236 Å². The molecule has 0 spiro atoms. The van der Waals surface area contributed by atoms with E-state index in [1.54, 1.807) is 5.56 Å². The van der Waals surface area contributed by atoms with E-state index in [1.807, 2.05) is 0 Å². The van der Waals surface area contributed by atoms with Gasteiger partial charge in [-0.3, -0.25) is 0 Å². The van der Waals surface area contributed by atoms with Crippen LogP contribution in [0.2, 0.25) is 0 Å². The van der Waals surface area contributed by atoms with Gasteiger partial charge in [0, 0.05) is 5.56 Å². The molecule has 0 saturated heterocycles. The number of benzene rings is 2. The molecule has 1 heteroatoms. The van der Waals surface area contributed by atoms with Gasteiger partial charge in [-0.15, -0.1) is 0 Å². The van der Waals surface area contributed by atoms with Crippen LogP contribution >= 0.6 is 0 Å². The van der Waals surface area contributed by atoms with Gasteiger partial charge in [-0.05, 0) is 59.9 Å². The molecule has 0 aliphatic carbocycles. The second-order valence-corrected chi connectivity index (χ2v) is 12.0. The van der Waals surface area contributed by atoms with Crippen molar-refractivity contribution in [1.29, 1.82) is 0 Å². The number of hydrogen-bond acceptors (Lipinski definition) is 1. The first-order valence-electron chi connectivity index (χ1n) is 16.5.